The van der Waals surface area contributed by atoms with Crippen LogP contribution in [-0.2, 0) is 0 Å². The third-order valence-corrected chi connectivity index (χ3v) is 1.93. The highest BCUT2D eigenvalue weighted by Gasteiger charge is 2.09. The number of hydrogen-bond acceptors (Lipinski definition) is 3. The van der Waals surface area contributed by atoms with Gasteiger partial charge in [-0.05, 0) is 25.1 Å². The van der Waals surface area contributed by atoms with Crippen molar-refractivity contribution in [1.82, 2.24) is 14.8 Å². The van der Waals surface area contributed by atoms with Crippen LogP contribution in [0.1, 0.15) is 5.82 Å². The van der Waals surface area contributed by atoms with E-state index in [1.807, 2.05) is 0 Å². The minimum absolute atomic E-state index is 0.0820. The Morgan fingerprint density at radius 3 is 2.80 bits per heavy atom. The molecular weight excluding hydrogens is 199 g/mol. The quantitative estimate of drug-likeness (QED) is 0.673. The van der Waals surface area contributed by atoms with Gasteiger partial charge in [0.15, 0.2) is 5.82 Å². The zero-order chi connectivity index (χ0) is 11.0. The molecule has 78 valence electrons. The van der Waals surface area contributed by atoms with Gasteiger partial charge in [0.2, 0.25) is 0 Å². The van der Waals surface area contributed by atoms with E-state index < -0.39 is 11.5 Å². The predicted octanol–water partition coefficient (Wildman–Crippen LogP) is 0.590. The summed E-state index contributed by atoms with van der Waals surface area (Å²) < 4.78 is 14.4. The van der Waals surface area contributed by atoms with Crippen molar-refractivity contribution < 1.29 is 4.39 Å². The Kier molecular flexibility index (Phi) is 2.03. The number of benzene rings is 1. The molecule has 0 spiro atoms. The minimum atomic E-state index is -0.580. The van der Waals surface area contributed by atoms with Gasteiger partial charge in [-0.3, -0.25) is 4.98 Å². The number of aromatic nitrogens is 3. The lowest BCUT2D eigenvalue weighted by Crippen LogP contribution is -2.17. The number of nitrogens with two attached hydrogens (primary N) is 1. The van der Waals surface area contributed by atoms with Crippen LogP contribution < -0.4 is 11.4 Å². The molecule has 0 saturated heterocycles. The second-order valence-corrected chi connectivity index (χ2v) is 3.14. The molecule has 0 aliphatic heterocycles. The van der Waals surface area contributed by atoms with Crippen molar-refractivity contribution in [1.29, 1.82) is 0 Å². The molecule has 15 heavy (non-hydrogen) atoms. The zero-order valence-corrected chi connectivity index (χ0v) is 7.99. The Balaban J connectivity index is 2.64. The molecule has 2 aromatic rings. The monoisotopic (exact) mass is 208 g/mol. The van der Waals surface area contributed by atoms with E-state index >= 15 is 0 Å². The first kappa shape index (κ1) is 9.45. The number of aryl methyl sites for hydroxylation is 1. The van der Waals surface area contributed by atoms with Crippen LogP contribution in [0.5, 0.6) is 0 Å². The fraction of sp³-hybridized carbons (Fsp3) is 0.111. The molecule has 6 heteroatoms. The summed E-state index contributed by atoms with van der Waals surface area (Å²) in [6.07, 6.45) is 0. The van der Waals surface area contributed by atoms with E-state index in [1.165, 1.54) is 12.1 Å². The third kappa shape index (κ3) is 1.61. The van der Waals surface area contributed by atoms with Crippen molar-refractivity contribution >= 4 is 5.69 Å². The molecule has 0 unspecified atom stereocenters. The number of H-pyrrole nitrogens is 1. The lowest BCUT2D eigenvalue weighted by Gasteiger charge is -2.01. The number of nitrogen functional groups attached to an aromatic ring is 1. The van der Waals surface area contributed by atoms with Gasteiger partial charge in [0.25, 0.3) is 0 Å². The van der Waals surface area contributed by atoms with Crippen LogP contribution in [0.3, 0.4) is 0 Å². The van der Waals surface area contributed by atoms with Crippen LogP contribution >= 0.6 is 0 Å². The first-order chi connectivity index (χ1) is 7.08. The molecule has 0 atom stereocenters. The first-order valence-electron chi connectivity index (χ1n) is 4.29. The molecule has 0 aliphatic rings. The number of nitrogens with zero attached hydrogens (tertiary/aromatic N) is 2. The highest BCUT2D eigenvalue weighted by atomic mass is 19.1. The predicted molar refractivity (Wildman–Crippen MR) is 53.3 cm³/mol. The Bertz CT molecular complexity index is 557. The Labute approximate surface area is 84.3 Å². The smallest absolute Gasteiger partial charge is 0.348 e. The molecule has 0 saturated carbocycles. The summed E-state index contributed by atoms with van der Waals surface area (Å²) in [7, 11) is 0. The maximum absolute atomic E-state index is 13.4. The standard InChI is InChI=1S/C9H9FN4O/c1-5-12-9(15)14(13-5)8-3-2-6(11)4-7(8)10/h2-4H,11H2,1H3,(H,12,13,15). The number of nitrogens with one attached hydrogen (secondary N) is 1. The van der Waals surface area contributed by atoms with E-state index in [-0.39, 0.29) is 5.69 Å². The van der Waals surface area contributed by atoms with Crippen LogP contribution in [0.15, 0.2) is 23.0 Å². The normalized spacial score (nSPS) is 10.5. The summed E-state index contributed by atoms with van der Waals surface area (Å²) in [5.41, 5.74) is 5.30. The lowest BCUT2D eigenvalue weighted by molar-refractivity contribution is 0.608. The molecule has 0 radical (unpaired) electrons. The summed E-state index contributed by atoms with van der Waals surface area (Å²) in [5.74, 6) is -0.153. The van der Waals surface area contributed by atoms with E-state index in [2.05, 4.69) is 10.1 Å². The minimum Gasteiger partial charge on any atom is -0.399 e. The number of anilines is 1. The van der Waals surface area contributed by atoms with Gasteiger partial charge in [0.05, 0.1) is 0 Å². The van der Waals surface area contributed by atoms with Crippen molar-refractivity contribution in [3.63, 3.8) is 0 Å². The van der Waals surface area contributed by atoms with Gasteiger partial charge in [-0.25, -0.2) is 9.18 Å². The van der Waals surface area contributed by atoms with Gasteiger partial charge in [-0.1, -0.05) is 0 Å². The average molecular weight is 208 g/mol. The molecule has 3 N–H and O–H groups in total. The van der Waals surface area contributed by atoms with E-state index in [4.69, 9.17) is 5.73 Å². The van der Waals surface area contributed by atoms with Crippen LogP contribution in [0, 0.1) is 12.7 Å². The average Bonchev–Trinajstić information content (AvgIpc) is 2.45. The van der Waals surface area contributed by atoms with E-state index in [9.17, 15) is 9.18 Å². The second kappa shape index (κ2) is 3.23. The fourth-order valence-electron chi connectivity index (χ4n) is 1.29. The van der Waals surface area contributed by atoms with Crippen LogP contribution in [0.2, 0.25) is 0 Å². The van der Waals surface area contributed by atoms with Gasteiger partial charge < -0.3 is 5.73 Å². The van der Waals surface area contributed by atoms with Crippen molar-refractivity contribution in [3.8, 4) is 5.69 Å². The third-order valence-electron chi connectivity index (χ3n) is 1.93. The van der Waals surface area contributed by atoms with Crippen LogP contribution in [0.25, 0.3) is 5.69 Å². The van der Waals surface area contributed by atoms with E-state index in [1.54, 1.807) is 6.92 Å². The van der Waals surface area contributed by atoms with Crippen molar-refractivity contribution in [3.05, 3.63) is 40.3 Å². The summed E-state index contributed by atoms with van der Waals surface area (Å²) in [6, 6.07) is 4.06. The van der Waals surface area contributed by atoms with Gasteiger partial charge in [-0.2, -0.15) is 9.78 Å². The summed E-state index contributed by atoms with van der Waals surface area (Å²) in [5, 5.41) is 3.84. The maximum atomic E-state index is 13.4. The number of halogens is 1. The molecular formula is C9H9FN4O. The van der Waals surface area contributed by atoms with Gasteiger partial charge in [0, 0.05) is 5.69 Å². The Hall–Kier alpha value is -2.11. The summed E-state index contributed by atoms with van der Waals surface area (Å²) in [6.45, 7) is 1.62. The number of aromatic amines is 1. The number of rotatable bonds is 1. The Morgan fingerprint density at radius 2 is 2.27 bits per heavy atom. The van der Waals surface area contributed by atoms with Gasteiger partial charge in [-0.15, -0.1) is 0 Å². The fourth-order valence-corrected chi connectivity index (χ4v) is 1.29. The molecule has 1 aromatic carbocycles. The second-order valence-electron chi connectivity index (χ2n) is 3.14. The SMILES string of the molecule is Cc1nn(-c2ccc(N)cc2F)c(=O)[nH]1. The largest absolute Gasteiger partial charge is 0.399 e. The summed E-state index contributed by atoms with van der Waals surface area (Å²) in [4.78, 5) is 13.8. The van der Waals surface area contributed by atoms with Crippen molar-refractivity contribution in [2.24, 2.45) is 0 Å². The summed E-state index contributed by atoms with van der Waals surface area (Å²) >= 11 is 0. The highest BCUT2D eigenvalue weighted by molar-refractivity contribution is 5.45. The van der Waals surface area contributed by atoms with Crippen molar-refractivity contribution in [2.75, 3.05) is 5.73 Å². The zero-order valence-electron chi connectivity index (χ0n) is 7.99. The molecule has 1 aromatic heterocycles. The molecule has 0 bridgehead atoms. The molecule has 2 rings (SSSR count). The van der Waals surface area contributed by atoms with E-state index in [0.29, 0.717) is 11.5 Å². The lowest BCUT2D eigenvalue weighted by atomic mass is 10.3. The number of hydrogen-bond donors (Lipinski definition) is 2. The highest BCUT2D eigenvalue weighted by Crippen LogP contribution is 2.13. The van der Waals surface area contributed by atoms with Crippen molar-refractivity contribution in [2.45, 2.75) is 6.92 Å². The van der Waals surface area contributed by atoms with Gasteiger partial charge >= 0.3 is 5.69 Å². The molecule has 1 heterocycles. The molecule has 0 amide bonds. The topological polar surface area (TPSA) is 76.7 Å². The van der Waals surface area contributed by atoms with E-state index in [0.717, 1.165) is 10.7 Å². The Morgan fingerprint density at radius 1 is 1.53 bits per heavy atom. The first-order valence-corrected chi connectivity index (χ1v) is 4.29. The van der Waals surface area contributed by atoms with Gasteiger partial charge in [0.1, 0.15) is 11.5 Å². The molecule has 0 aliphatic carbocycles. The van der Waals surface area contributed by atoms with Crippen LogP contribution in [0.4, 0.5) is 10.1 Å². The molecule has 0 fully saturated rings. The maximum Gasteiger partial charge on any atom is 0.348 e. The molecule has 5 nitrogen and oxygen atoms in total. The van der Waals surface area contributed by atoms with Crippen LogP contribution in [-0.4, -0.2) is 14.8 Å².